The van der Waals surface area contributed by atoms with Gasteiger partial charge in [-0.25, -0.2) is 9.67 Å². The van der Waals surface area contributed by atoms with Gasteiger partial charge in [-0.3, -0.25) is 9.69 Å². The molecule has 8 nitrogen and oxygen atoms in total. The summed E-state index contributed by atoms with van der Waals surface area (Å²) in [6, 6.07) is 15.0. The van der Waals surface area contributed by atoms with Crippen LogP contribution in [-0.4, -0.2) is 76.9 Å². The van der Waals surface area contributed by atoms with Crippen molar-refractivity contribution in [2.24, 2.45) is 5.41 Å². The number of fused-ring (bicyclic) bond motifs is 1. The normalized spacial score (nSPS) is 19.2. The van der Waals surface area contributed by atoms with Gasteiger partial charge in [0.15, 0.2) is 0 Å². The molecule has 3 aliphatic rings. The Hall–Kier alpha value is -3.23. The zero-order valence-corrected chi connectivity index (χ0v) is 22.7. The molecule has 3 aliphatic heterocycles. The van der Waals surface area contributed by atoms with E-state index in [0.717, 1.165) is 86.4 Å². The molecule has 5 heterocycles. The number of hydrogen-bond donors (Lipinski definition) is 1. The second-order valence-corrected chi connectivity index (χ2v) is 11.6. The first-order valence-electron chi connectivity index (χ1n) is 13.8. The Bertz CT molecular complexity index is 1320. The highest BCUT2D eigenvalue weighted by Crippen LogP contribution is 2.41. The van der Waals surface area contributed by atoms with Gasteiger partial charge in [0.1, 0.15) is 5.82 Å². The van der Waals surface area contributed by atoms with Crippen LogP contribution in [0.3, 0.4) is 0 Å². The number of benzene rings is 1. The summed E-state index contributed by atoms with van der Waals surface area (Å²) < 4.78 is 7.03. The summed E-state index contributed by atoms with van der Waals surface area (Å²) >= 11 is 0. The molecule has 1 atom stereocenters. The van der Waals surface area contributed by atoms with Gasteiger partial charge in [-0.15, -0.1) is 0 Å². The van der Waals surface area contributed by atoms with Gasteiger partial charge < -0.3 is 15.0 Å². The molecule has 0 bridgehead atoms. The summed E-state index contributed by atoms with van der Waals surface area (Å²) in [7, 11) is 1.47. The lowest BCUT2D eigenvalue weighted by Gasteiger charge is -2.61. The van der Waals surface area contributed by atoms with Crippen molar-refractivity contribution in [3.63, 3.8) is 0 Å². The number of aromatic nitrogens is 3. The number of nitrogens with zero attached hydrogens (tertiary/aromatic N) is 5. The summed E-state index contributed by atoms with van der Waals surface area (Å²) in [5.74, 6) is 1.00. The number of ether oxygens (including phenoxy) is 1. The minimum atomic E-state index is -0.163. The number of aryl methyl sites for hydroxylation is 3. The first-order valence-corrected chi connectivity index (χ1v) is 13.8. The maximum atomic E-state index is 12.3. The molecule has 1 aromatic carbocycles. The minimum Gasteiger partial charge on any atom is -0.469 e. The van der Waals surface area contributed by atoms with Gasteiger partial charge >= 0.3 is 5.97 Å². The van der Waals surface area contributed by atoms with Crippen LogP contribution < -0.4 is 5.32 Å². The van der Waals surface area contributed by atoms with E-state index in [-0.39, 0.29) is 11.9 Å². The van der Waals surface area contributed by atoms with Gasteiger partial charge in [0, 0.05) is 62.8 Å². The third-order valence-electron chi connectivity index (χ3n) is 8.29. The Kier molecular flexibility index (Phi) is 6.70. The van der Waals surface area contributed by atoms with Gasteiger partial charge in [-0.2, -0.15) is 5.10 Å². The van der Waals surface area contributed by atoms with Crippen LogP contribution >= 0.6 is 0 Å². The predicted molar refractivity (Wildman–Crippen MR) is 148 cm³/mol. The molecule has 0 unspecified atom stereocenters. The van der Waals surface area contributed by atoms with E-state index in [2.05, 4.69) is 69.6 Å². The molecule has 0 amide bonds. The monoisotopic (exact) mass is 514 g/mol. The number of hydrogen-bond acceptors (Lipinski definition) is 7. The van der Waals surface area contributed by atoms with Crippen molar-refractivity contribution in [1.29, 1.82) is 0 Å². The molecule has 2 aromatic heterocycles. The van der Waals surface area contributed by atoms with Gasteiger partial charge in [0.2, 0.25) is 0 Å². The van der Waals surface area contributed by atoms with Crippen LogP contribution in [0.2, 0.25) is 0 Å². The molecule has 3 aromatic rings. The minimum absolute atomic E-state index is 0.0834. The number of rotatable bonds is 8. The number of nitrogens with one attached hydrogen (secondary N) is 1. The number of pyridine rings is 1. The SMILES string of the molecule is COC(=O)C[C@H](CN1CC2(CN(Cc3ccc4c(n3)NCCC4)C2)C1)c1cccc(-n2nc(C)cc2C)c1. The van der Waals surface area contributed by atoms with Crippen molar-refractivity contribution in [3.8, 4) is 5.69 Å². The fraction of sp³-hybridized carbons (Fsp3) is 0.500. The molecule has 6 rings (SSSR count). The first kappa shape index (κ1) is 25.1. The molecule has 38 heavy (non-hydrogen) atoms. The average molecular weight is 515 g/mol. The van der Waals surface area contributed by atoms with E-state index in [0.29, 0.717) is 11.8 Å². The third kappa shape index (κ3) is 5.07. The first-order chi connectivity index (χ1) is 18.4. The van der Waals surface area contributed by atoms with Crippen LogP contribution in [-0.2, 0) is 22.5 Å². The molecule has 200 valence electrons. The molecule has 2 fully saturated rings. The van der Waals surface area contributed by atoms with E-state index in [1.54, 1.807) is 0 Å². The largest absolute Gasteiger partial charge is 0.469 e. The second-order valence-electron chi connectivity index (χ2n) is 11.6. The highest BCUT2D eigenvalue weighted by Gasteiger charge is 2.51. The van der Waals surface area contributed by atoms with Gasteiger partial charge in [-0.05, 0) is 62.1 Å². The van der Waals surface area contributed by atoms with Crippen molar-refractivity contribution >= 4 is 11.8 Å². The number of likely N-dealkylation sites (tertiary alicyclic amines) is 2. The number of carbonyl (C=O) groups excluding carboxylic acids is 1. The third-order valence-corrected chi connectivity index (χ3v) is 8.29. The average Bonchev–Trinajstić information content (AvgIpc) is 3.23. The Balaban J connectivity index is 1.07. The molecule has 0 aliphatic carbocycles. The lowest BCUT2D eigenvalue weighted by molar-refractivity contribution is -0.142. The van der Waals surface area contributed by atoms with E-state index in [1.807, 2.05) is 11.6 Å². The highest BCUT2D eigenvalue weighted by atomic mass is 16.5. The fourth-order valence-electron chi connectivity index (χ4n) is 6.62. The van der Waals surface area contributed by atoms with Crippen LogP contribution in [0, 0.1) is 19.3 Å². The molecule has 1 N–H and O–H groups in total. The summed E-state index contributed by atoms with van der Waals surface area (Å²) in [5.41, 5.74) is 7.17. The highest BCUT2D eigenvalue weighted by molar-refractivity contribution is 5.70. The second kappa shape index (κ2) is 10.2. The Labute approximate surface area is 225 Å². The number of methoxy groups -OCH3 is 1. The van der Waals surface area contributed by atoms with Crippen molar-refractivity contribution in [2.45, 2.75) is 45.6 Å². The Morgan fingerprint density at radius 3 is 2.68 bits per heavy atom. The molecule has 0 radical (unpaired) electrons. The van der Waals surface area contributed by atoms with E-state index < -0.39 is 0 Å². The van der Waals surface area contributed by atoms with Gasteiger partial charge in [0.05, 0.1) is 30.6 Å². The lowest BCUT2D eigenvalue weighted by Crippen LogP contribution is -2.71. The Morgan fingerprint density at radius 2 is 1.92 bits per heavy atom. The molecule has 0 saturated carbocycles. The van der Waals surface area contributed by atoms with Crippen LogP contribution in [0.15, 0.2) is 42.5 Å². The standard InChI is InChI=1S/C30H38N6O2/c1-21-12-22(2)36(33-21)27-8-4-6-24(13-27)25(14-28(37)38-3)15-34-17-30(18-34)19-35(20-30)16-26-10-9-23-7-5-11-31-29(23)32-26/h4,6,8-10,12-13,25H,5,7,11,14-20H2,1-3H3,(H,31,32)/t25-/m1/s1. The number of anilines is 1. The molecular formula is C30H38N6O2. The van der Waals surface area contributed by atoms with Crippen molar-refractivity contribution in [1.82, 2.24) is 24.6 Å². The molecule has 2 saturated heterocycles. The van der Waals surface area contributed by atoms with Gasteiger partial charge in [-0.1, -0.05) is 18.2 Å². The molecular weight excluding hydrogens is 476 g/mol. The van der Waals surface area contributed by atoms with E-state index in [9.17, 15) is 4.79 Å². The predicted octanol–water partition coefficient (Wildman–Crippen LogP) is 3.71. The maximum absolute atomic E-state index is 12.3. The van der Waals surface area contributed by atoms with Crippen molar-refractivity contribution < 1.29 is 9.53 Å². The summed E-state index contributed by atoms with van der Waals surface area (Å²) in [6.45, 7) is 11.3. The van der Waals surface area contributed by atoms with E-state index in [4.69, 9.17) is 9.72 Å². The number of carbonyl (C=O) groups is 1. The van der Waals surface area contributed by atoms with Crippen LogP contribution in [0.4, 0.5) is 5.82 Å². The summed E-state index contributed by atoms with van der Waals surface area (Å²) in [4.78, 5) is 22.2. The van der Waals surface area contributed by atoms with Crippen molar-refractivity contribution in [2.75, 3.05) is 51.7 Å². The summed E-state index contributed by atoms with van der Waals surface area (Å²) in [6.07, 6.45) is 2.70. The van der Waals surface area contributed by atoms with Gasteiger partial charge in [0.25, 0.3) is 0 Å². The van der Waals surface area contributed by atoms with E-state index in [1.165, 1.54) is 19.1 Å². The van der Waals surface area contributed by atoms with Crippen LogP contribution in [0.25, 0.3) is 5.69 Å². The molecule has 8 heteroatoms. The maximum Gasteiger partial charge on any atom is 0.306 e. The summed E-state index contributed by atoms with van der Waals surface area (Å²) in [5, 5.41) is 8.09. The quantitative estimate of drug-likeness (QED) is 0.460. The van der Waals surface area contributed by atoms with Crippen LogP contribution in [0.5, 0.6) is 0 Å². The fourth-order valence-corrected chi connectivity index (χ4v) is 6.62. The topological polar surface area (TPSA) is 75.5 Å². The number of esters is 1. The zero-order valence-electron chi connectivity index (χ0n) is 22.7. The lowest BCUT2D eigenvalue weighted by atomic mass is 9.72. The Morgan fingerprint density at radius 1 is 1.11 bits per heavy atom. The van der Waals surface area contributed by atoms with E-state index >= 15 is 0 Å². The van der Waals surface area contributed by atoms with Crippen LogP contribution in [0.1, 0.15) is 47.0 Å². The zero-order chi connectivity index (χ0) is 26.3. The molecule has 1 spiro atoms. The van der Waals surface area contributed by atoms with Crippen molar-refractivity contribution in [3.05, 3.63) is 70.7 Å². The smallest absolute Gasteiger partial charge is 0.306 e.